The standard InChI is InChI=1S/C13H10BrClFNO/c1-8-9(7-15)2-5-13(17-8)18-10-3-4-12(16)11(14)6-10/h2-6H,7H2,1H3. The number of pyridine rings is 1. The first-order chi connectivity index (χ1) is 8.60. The van der Waals surface area contributed by atoms with Crippen molar-refractivity contribution in [2.75, 3.05) is 0 Å². The first kappa shape index (κ1) is 13.3. The predicted molar refractivity (Wildman–Crippen MR) is 72.7 cm³/mol. The average molecular weight is 331 g/mol. The third-order valence-corrected chi connectivity index (χ3v) is 3.32. The van der Waals surface area contributed by atoms with Gasteiger partial charge in [-0.2, -0.15) is 0 Å². The number of aromatic nitrogens is 1. The zero-order valence-corrected chi connectivity index (χ0v) is 11.9. The van der Waals surface area contributed by atoms with E-state index in [4.69, 9.17) is 16.3 Å². The molecular weight excluding hydrogens is 321 g/mol. The van der Waals surface area contributed by atoms with Crippen LogP contribution in [0.1, 0.15) is 11.3 Å². The molecule has 0 saturated carbocycles. The summed E-state index contributed by atoms with van der Waals surface area (Å²) >= 11 is 8.86. The normalized spacial score (nSPS) is 10.4. The molecule has 0 saturated heterocycles. The Morgan fingerprint density at radius 2 is 2.11 bits per heavy atom. The number of alkyl halides is 1. The number of rotatable bonds is 3. The van der Waals surface area contributed by atoms with Gasteiger partial charge in [-0.25, -0.2) is 9.37 Å². The van der Waals surface area contributed by atoms with Crippen LogP contribution in [0.2, 0.25) is 0 Å². The Kier molecular flexibility index (Phi) is 4.19. The fraction of sp³-hybridized carbons (Fsp3) is 0.154. The van der Waals surface area contributed by atoms with Gasteiger partial charge < -0.3 is 4.74 Å². The Balaban J connectivity index is 2.23. The van der Waals surface area contributed by atoms with Crippen molar-refractivity contribution in [3.8, 4) is 11.6 Å². The minimum atomic E-state index is -0.330. The van der Waals surface area contributed by atoms with E-state index in [0.717, 1.165) is 11.3 Å². The highest BCUT2D eigenvalue weighted by Crippen LogP contribution is 2.26. The molecule has 0 aliphatic heterocycles. The monoisotopic (exact) mass is 329 g/mol. The van der Waals surface area contributed by atoms with Crippen molar-refractivity contribution in [3.63, 3.8) is 0 Å². The van der Waals surface area contributed by atoms with Crippen molar-refractivity contribution >= 4 is 27.5 Å². The Bertz CT molecular complexity index is 577. The smallest absolute Gasteiger partial charge is 0.219 e. The maximum absolute atomic E-state index is 13.1. The van der Waals surface area contributed by atoms with Crippen LogP contribution in [0.25, 0.3) is 0 Å². The van der Waals surface area contributed by atoms with Crippen LogP contribution in [0.15, 0.2) is 34.8 Å². The molecule has 0 amide bonds. The quantitative estimate of drug-likeness (QED) is 0.753. The van der Waals surface area contributed by atoms with Crippen LogP contribution in [-0.4, -0.2) is 4.98 Å². The third-order valence-electron chi connectivity index (χ3n) is 2.43. The molecule has 18 heavy (non-hydrogen) atoms. The summed E-state index contributed by atoms with van der Waals surface area (Å²) in [5, 5.41) is 0. The van der Waals surface area contributed by atoms with E-state index < -0.39 is 0 Å². The predicted octanol–water partition coefficient (Wildman–Crippen LogP) is 4.82. The summed E-state index contributed by atoms with van der Waals surface area (Å²) in [6, 6.07) is 8.04. The molecule has 0 atom stereocenters. The molecule has 0 aliphatic rings. The van der Waals surface area contributed by atoms with Gasteiger partial charge in [0.25, 0.3) is 0 Å². The molecule has 0 bridgehead atoms. The van der Waals surface area contributed by atoms with Gasteiger partial charge >= 0.3 is 0 Å². The molecule has 0 N–H and O–H groups in total. The number of hydrogen-bond acceptors (Lipinski definition) is 2. The third kappa shape index (κ3) is 3.00. The molecule has 2 aromatic rings. The second-order valence-electron chi connectivity index (χ2n) is 3.71. The van der Waals surface area contributed by atoms with Crippen LogP contribution in [0.3, 0.4) is 0 Å². The molecule has 1 aromatic carbocycles. The highest BCUT2D eigenvalue weighted by Gasteiger charge is 2.05. The first-order valence-electron chi connectivity index (χ1n) is 5.25. The summed E-state index contributed by atoms with van der Waals surface area (Å²) in [6.07, 6.45) is 0. The Hall–Kier alpha value is -1.13. The van der Waals surface area contributed by atoms with Gasteiger partial charge in [0, 0.05) is 17.6 Å². The van der Waals surface area contributed by atoms with E-state index in [1.54, 1.807) is 18.2 Å². The van der Waals surface area contributed by atoms with E-state index in [1.807, 2.05) is 13.0 Å². The number of nitrogens with zero attached hydrogens (tertiary/aromatic N) is 1. The lowest BCUT2D eigenvalue weighted by Crippen LogP contribution is -1.94. The molecule has 5 heteroatoms. The van der Waals surface area contributed by atoms with Gasteiger partial charge in [0.05, 0.1) is 4.47 Å². The minimum Gasteiger partial charge on any atom is -0.439 e. The van der Waals surface area contributed by atoms with Gasteiger partial charge in [0.1, 0.15) is 11.6 Å². The lowest BCUT2D eigenvalue weighted by molar-refractivity contribution is 0.459. The summed E-state index contributed by atoms with van der Waals surface area (Å²) in [6.45, 7) is 1.87. The van der Waals surface area contributed by atoms with E-state index in [-0.39, 0.29) is 5.82 Å². The van der Waals surface area contributed by atoms with Crippen LogP contribution in [-0.2, 0) is 5.88 Å². The van der Waals surface area contributed by atoms with Crippen molar-refractivity contribution in [3.05, 3.63) is 51.9 Å². The second-order valence-corrected chi connectivity index (χ2v) is 4.83. The Labute approximate surface area is 118 Å². The molecule has 2 rings (SSSR count). The molecule has 1 aromatic heterocycles. The van der Waals surface area contributed by atoms with Crippen LogP contribution < -0.4 is 4.74 Å². The zero-order chi connectivity index (χ0) is 13.1. The van der Waals surface area contributed by atoms with Crippen LogP contribution in [0, 0.1) is 12.7 Å². The summed E-state index contributed by atoms with van der Waals surface area (Å²) in [5.74, 6) is 1.07. The molecule has 1 heterocycles. The van der Waals surface area contributed by atoms with Gasteiger partial charge in [0.2, 0.25) is 5.88 Å². The molecule has 94 valence electrons. The van der Waals surface area contributed by atoms with Gasteiger partial charge in [0.15, 0.2) is 0 Å². The lowest BCUT2D eigenvalue weighted by Gasteiger charge is -2.08. The molecule has 0 spiro atoms. The van der Waals surface area contributed by atoms with Gasteiger partial charge in [-0.05, 0) is 46.6 Å². The van der Waals surface area contributed by atoms with E-state index >= 15 is 0 Å². The highest BCUT2D eigenvalue weighted by atomic mass is 79.9. The average Bonchev–Trinajstić information content (AvgIpc) is 2.34. The lowest BCUT2D eigenvalue weighted by atomic mass is 10.2. The number of benzene rings is 1. The Morgan fingerprint density at radius 3 is 2.72 bits per heavy atom. The maximum Gasteiger partial charge on any atom is 0.219 e. The van der Waals surface area contributed by atoms with Gasteiger partial charge in [-0.3, -0.25) is 0 Å². The summed E-state index contributed by atoms with van der Waals surface area (Å²) in [5.41, 5.74) is 1.79. The van der Waals surface area contributed by atoms with Crippen molar-refractivity contribution in [2.45, 2.75) is 12.8 Å². The maximum atomic E-state index is 13.1. The molecule has 0 aliphatic carbocycles. The molecule has 0 fully saturated rings. The van der Waals surface area contributed by atoms with Crippen molar-refractivity contribution in [1.82, 2.24) is 4.98 Å². The summed E-state index contributed by atoms with van der Waals surface area (Å²) < 4.78 is 19.0. The number of aryl methyl sites for hydroxylation is 1. The minimum absolute atomic E-state index is 0.330. The van der Waals surface area contributed by atoms with Gasteiger partial charge in [-0.1, -0.05) is 6.07 Å². The van der Waals surface area contributed by atoms with Crippen LogP contribution in [0.5, 0.6) is 11.6 Å². The fourth-order valence-electron chi connectivity index (χ4n) is 1.43. The van der Waals surface area contributed by atoms with E-state index in [0.29, 0.717) is 22.0 Å². The molecular formula is C13H10BrClFNO. The van der Waals surface area contributed by atoms with Crippen LogP contribution in [0.4, 0.5) is 4.39 Å². The van der Waals surface area contributed by atoms with E-state index in [1.165, 1.54) is 6.07 Å². The van der Waals surface area contributed by atoms with Gasteiger partial charge in [-0.15, -0.1) is 11.6 Å². The van der Waals surface area contributed by atoms with E-state index in [9.17, 15) is 4.39 Å². The summed E-state index contributed by atoms with van der Waals surface area (Å²) in [7, 11) is 0. The number of hydrogen-bond donors (Lipinski definition) is 0. The van der Waals surface area contributed by atoms with Crippen molar-refractivity contribution < 1.29 is 9.13 Å². The molecule has 0 radical (unpaired) electrons. The fourth-order valence-corrected chi connectivity index (χ4v) is 2.07. The van der Waals surface area contributed by atoms with Crippen molar-refractivity contribution in [2.24, 2.45) is 0 Å². The molecule has 2 nitrogen and oxygen atoms in total. The topological polar surface area (TPSA) is 22.1 Å². The Morgan fingerprint density at radius 1 is 1.33 bits per heavy atom. The SMILES string of the molecule is Cc1nc(Oc2ccc(F)c(Br)c2)ccc1CCl. The second kappa shape index (κ2) is 5.67. The van der Waals surface area contributed by atoms with Crippen molar-refractivity contribution in [1.29, 1.82) is 0 Å². The van der Waals surface area contributed by atoms with E-state index in [2.05, 4.69) is 20.9 Å². The first-order valence-corrected chi connectivity index (χ1v) is 6.58. The largest absolute Gasteiger partial charge is 0.439 e. The zero-order valence-electron chi connectivity index (χ0n) is 9.58. The molecule has 0 unspecified atom stereocenters. The van der Waals surface area contributed by atoms with Crippen LogP contribution >= 0.6 is 27.5 Å². The number of ether oxygens (including phenoxy) is 1. The number of halogens is 3. The highest BCUT2D eigenvalue weighted by molar-refractivity contribution is 9.10. The summed E-state index contributed by atoms with van der Waals surface area (Å²) in [4.78, 5) is 4.28.